The minimum Gasteiger partial charge on any atom is -0.459 e. The minimum absolute atomic E-state index is 0.0529. The molecule has 0 saturated carbocycles. The zero-order valence-electron chi connectivity index (χ0n) is 20.5. The Labute approximate surface area is 197 Å². The van der Waals surface area contributed by atoms with Crippen molar-refractivity contribution in [1.29, 1.82) is 0 Å². The number of epoxide rings is 1. The summed E-state index contributed by atoms with van der Waals surface area (Å²) in [5.41, 5.74) is 1.29. The monoisotopic (exact) mass is 461 g/mol. The van der Waals surface area contributed by atoms with Gasteiger partial charge in [-0.1, -0.05) is 30.7 Å². The molecular weight excluding hydrogens is 422 g/mol. The van der Waals surface area contributed by atoms with Crippen LogP contribution in [0.5, 0.6) is 0 Å². The predicted octanol–water partition coefficient (Wildman–Crippen LogP) is 3.63. The minimum atomic E-state index is -0.437. The molecule has 7 nitrogen and oxygen atoms in total. The van der Waals surface area contributed by atoms with Crippen molar-refractivity contribution in [2.75, 3.05) is 13.2 Å². The molecule has 3 aliphatic rings. The summed E-state index contributed by atoms with van der Waals surface area (Å²) in [5.74, 6) is -0.258. The van der Waals surface area contributed by atoms with Crippen LogP contribution in [0.25, 0.3) is 0 Å². The Bertz CT molecular complexity index is 784. The standard InChI is InChI=1S/C26H39NO6/c1-17(6-9-22-15-26(16-31-26)12-13-30-22)7-10-24-18(2)14-23(20(4)33-24)27-25(29)11-8-19(3)32-21(5)28/h6-9,11,18-20,22-24H,10,12-16H2,1-5H3,(H,27,29)/b9-6+,11-8-,17-7+/t18-,19-,20+,22?,23+,24?,26-/m0/s1. The van der Waals surface area contributed by atoms with Crippen molar-refractivity contribution in [3.8, 4) is 0 Å². The molecule has 3 heterocycles. The molecule has 3 fully saturated rings. The third-order valence-electron chi connectivity index (χ3n) is 6.68. The van der Waals surface area contributed by atoms with Crippen LogP contribution in [0.2, 0.25) is 0 Å². The molecule has 2 unspecified atom stereocenters. The van der Waals surface area contributed by atoms with Crippen LogP contribution in [0.3, 0.4) is 0 Å². The molecule has 7 heteroatoms. The van der Waals surface area contributed by atoms with Gasteiger partial charge in [0.25, 0.3) is 0 Å². The molecule has 184 valence electrons. The zero-order valence-corrected chi connectivity index (χ0v) is 20.5. The van der Waals surface area contributed by atoms with Gasteiger partial charge in [0.15, 0.2) is 0 Å². The van der Waals surface area contributed by atoms with Gasteiger partial charge < -0.3 is 24.3 Å². The molecule has 0 radical (unpaired) electrons. The summed E-state index contributed by atoms with van der Waals surface area (Å²) in [6.07, 6.45) is 12.9. The highest BCUT2D eigenvalue weighted by molar-refractivity contribution is 5.87. The lowest BCUT2D eigenvalue weighted by Gasteiger charge is -2.39. The highest BCUT2D eigenvalue weighted by Gasteiger charge is 2.48. The first kappa shape index (κ1) is 25.7. The van der Waals surface area contributed by atoms with Crippen LogP contribution in [0.1, 0.15) is 60.3 Å². The average Bonchev–Trinajstić information content (AvgIpc) is 3.49. The van der Waals surface area contributed by atoms with E-state index in [1.807, 2.05) is 6.92 Å². The van der Waals surface area contributed by atoms with Crippen molar-refractivity contribution in [2.45, 2.75) is 96.4 Å². The Balaban J connectivity index is 1.43. The largest absolute Gasteiger partial charge is 0.459 e. The van der Waals surface area contributed by atoms with Crippen LogP contribution in [-0.4, -0.2) is 61.1 Å². The number of hydrogen-bond donors (Lipinski definition) is 1. The molecule has 3 saturated heterocycles. The van der Waals surface area contributed by atoms with Gasteiger partial charge in [0.2, 0.25) is 5.91 Å². The fourth-order valence-corrected chi connectivity index (χ4v) is 4.51. The van der Waals surface area contributed by atoms with Crippen molar-refractivity contribution in [1.82, 2.24) is 5.32 Å². The molecule has 3 aliphatic heterocycles. The van der Waals surface area contributed by atoms with E-state index in [1.165, 1.54) is 18.6 Å². The van der Waals surface area contributed by atoms with E-state index in [4.69, 9.17) is 18.9 Å². The molecule has 0 aromatic rings. The summed E-state index contributed by atoms with van der Waals surface area (Å²) in [7, 11) is 0. The first-order chi connectivity index (χ1) is 15.7. The van der Waals surface area contributed by atoms with Crippen molar-refractivity contribution in [3.63, 3.8) is 0 Å². The molecule has 3 rings (SSSR count). The molecule has 0 aliphatic carbocycles. The second kappa shape index (κ2) is 11.4. The molecule has 1 amide bonds. The van der Waals surface area contributed by atoms with Gasteiger partial charge in [0.1, 0.15) is 6.10 Å². The maximum Gasteiger partial charge on any atom is 0.303 e. The predicted molar refractivity (Wildman–Crippen MR) is 126 cm³/mol. The Kier molecular flexibility index (Phi) is 8.90. The summed E-state index contributed by atoms with van der Waals surface area (Å²) >= 11 is 0. The highest BCUT2D eigenvalue weighted by atomic mass is 16.6. The third kappa shape index (κ3) is 8.09. The van der Waals surface area contributed by atoms with E-state index < -0.39 is 6.10 Å². The molecule has 0 bridgehead atoms. The fraction of sp³-hybridized carbons (Fsp3) is 0.692. The van der Waals surface area contributed by atoms with Gasteiger partial charge in [0, 0.05) is 25.8 Å². The molecule has 0 aromatic heterocycles. The normalized spacial score (nSPS) is 35.7. The molecule has 0 aromatic carbocycles. The van der Waals surface area contributed by atoms with Crippen LogP contribution in [0, 0.1) is 5.92 Å². The van der Waals surface area contributed by atoms with Crippen molar-refractivity contribution in [2.24, 2.45) is 5.92 Å². The Morgan fingerprint density at radius 3 is 2.70 bits per heavy atom. The van der Waals surface area contributed by atoms with E-state index in [9.17, 15) is 9.59 Å². The van der Waals surface area contributed by atoms with Gasteiger partial charge in [-0.05, 0) is 45.6 Å². The fourth-order valence-electron chi connectivity index (χ4n) is 4.51. The number of amides is 1. The van der Waals surface area contributed by atoms with Crippen molar-refractivity contribution in [3.05, 3.63) is 36.0 Å². The van der Waals surface area contributed by atoms with E-state index in [0.717, 1.165) is 38.9 Å². The van der Waals surface area contributed by atoms with Crippen LogP contribution < -0.4 is 5.32 Å². The SMILES string of the molecule is CC(=O)O[C@@H](C)/C=C\C(=O)N[C@@H]1C[C@H](C)C(C/C=C(C)/C=C/C2C[C@@]3(CCO2)CO3)O[C@@H]1C. The van der Waals surface area contributed by atoms with E-state index in [1.54, 1.807) is 13.0 Å². The smallest absolute Gasteiger partial charge is 0.303 e. The second-order valence-electron chi connectivity index (χ2n) is 9.76. The molecule has 33 heavy (non-hydrogen) atoms. The summed E-state index contributed by atoms with van der Waals surface area (Å²) in [5, 5.41) is 3.02. The topological polar surface area (TPSA) is 86.4 Å². The summed E-state index contributed by atoms with van der Waals surface area (Å²) in [4.78, 5) is 23.2. The molecule has 1 N–H and O–H groups in total. The van der Waals surface area contributed by atoms with E-state index >= 15 is 0 Å². The van der Waals surface area contributed by atoms with Gasteiger partial charge in [-0.15, -0.1) is 0 Å². The third-order valence-corrected chi connectivity index (χ3v) is 6.68. The maximum atomic E-state index is 12.3. The van der Waals surface area contributed by atoms with Crippen molar-refractivity contribution < 1.29 is 28.5 Å². The lowest BCUT2D eigenvalue weighted by Crippen LogP contribution is -2.50. The summed E-state index contributed by atoms with van der Waals surface area (Å²) in [6.45, 7) is 11.0. The Morgan fingerprint density at radius 1 is 1.24 bits per heavy atom. The van der Waals surface area contributed by atoms with Gasteiger partial charge in [0.05, 0.1) is 43.2 Å². The van der Waals surface area contributed by atoms with Crippen LogP contribution in [0.4, 0.5) is 0 Å². The molecule has 7 atom stereocenters. The number of hydrogen-bond acceptors (Lipinski definition) is 6. The first-order valence-electron chi connectivity index (χ1n) is 12.1. The molecule has 1 spiro atoms. The van der Waals surface area contributed by atoms with Crippen LogP contribution in [-0.2, 0) is 28.5 Å². The Morgan fingerprint density at radius 2 is 2.00 bits per heavy atom. The lowest BCUT2D eigenvalue weighted by molar-refractivity contribution is -0.143. The summed E-state index contributed by atoms with van der Waals surface area (Å²) in [6, 6.07) is -0.0529. The van der Waals surface area contributed by atoms with Gasteiger partial charge >= 0.3 is 5.97 Å². The van der Waals surface area contributed by atoms with Gasteiger partial charge in [-0.25, -0.2) is 0 Å². The zero-order chi connectivity index (χ0) is 24.0. The lowest BCUT2D eigenvalue weighted by atomic mass is 9.88. The number of esters is 1. The number of rotatable bonds is 8. The quantitative estimate of drug-likeness (QED) is 0.257. The van der Waals surface area contributed by atoms with Crippen LogP contribution in [0.15, 0.2) is 36.0 Å². The number of carbonyl (C=O) groups is 2. The first-order valence-corrected chi connectivity index (χ1v) is 12.1. The van der Waals surface area contributed by atoms with Gasteiger partial charge in [-0.3, -0.25) is 9.59 Å². The summed E-state index contributed by atoms with van der Waals surface area (Å²) < 4.78 is 22.7. The molecular formula is C26H39NO6. The number of carbonyl (C=O) groups excluding carboxylic acids is 2. The van der Waals surface area contributed by atoms with E-state index in [-0.39, 0.29) is 41.8 Å². The van der Waals surface area contributed by atoms with Gasteiger partial charge in [-0.2, -0.15) is 0 Å². The van der Waals surface area contributed by atoms with Crippen molar-refractivity contribution >= 4 is 11.9 Å². The second-order valence-corrected chi connectivity index (χ2v) is 9.76. The maximum absolute atomic E-state index is 12.3. The van der Waals surface area contributed by atoms with Crippen LogP contribution >= 0.6 is 0 Å². The Hall–Kier alpha value is -1.96. The van der Waals surface area contributed by atoms with E-state index in [2.05, 4.69) is 37.4 Å². The number of nitrogens with one attached hydrogen (secondary N) is 1. The average molecular weight is 462 g/mol. The number of ether oxygens (including phenoxy) is 4. The highest BCUT2D eigenvalue weighted by Crippen LogP contribution is 2.39. The van der Waals surface area contributed by atoms with E-state index in [0.29, 0.717) is 5.92 Å². The number of allylic oxidation sites excluding steroid dienone is 2.